The number of anilines is 1. The Morgan fingerprint density at radius 3 is 2.44 bits per heavy atom. The lowest BCUT2D eigenvalue weighted by molar-refractivity contribution is 0.103. The molecule has 5 nitrogen and oxygen atoms in total. The van der Waals surface area contributed by atoms with Crippen LogP contribution in [0.25, 0.3) is 11.4 Å². The van der Waals surface area contributed by atoms with E-state index in [2.05, 4.69) is 41.5 Å². The molecule has 1 fully saturated rings. The van der Waals surface area contributed by atoms with Crippen LogP contribution in [0.2, 0.25) is 5.02 Å². The Kier molecular flexibility index (Phi) is 8.33. The minimum absolute atomic E-state index is 0.314. The number of piperazine rings is 1. The van der Waals surface area contributed by atoms with E-state index in [0.717, 1.165) is 78.1 Å². The second kappa shape index (κ2) is 11.6. The standard InChI is InChI=1S/C28H33ClN4O/c1-3-4-13-24(34)20-32-15-17-33(18-16-32)28-25(19-23-12-8-9-14-26(23)29)21(2)30-27(31-28)22-10-6-5-7-11-22/h3,5-12,14,24,34H,1,4,13,15-20H2,2H3. The molecule has 0 spiro atoms. The van der Waals surface area contributed by atoms with Crippen molar-refractivity contribution < 1.29 is 5.11 Å². The van der Waals surface area contributed by atoms with E-state index in [-0.39, 0.29) is 6.10 Å². The van der Waals surface area contributed by atoms with Crippen LogP contribution in [0.4, 0.5) is 5.82 Å². The predicted octanol–water partition coefficient (Wildman–Crippen LogP) is 5.15. The molecular formula is C28H33ClN4O. The summed E-state index contributed by atoms with van der Waals surface area (Å²) in [5, 5.41) is 11.1. The highest BCUT2D eigenvalue weighted by molar-refractivity contribution is 6.31. The molecule has 6 heteroatoms. The number of aryl methyl sites for hydroxylation is 1. The molecule has 0 bridgehead atoms. The van der Waals surface area contributed by atoms with Crippen LogP contribution >= 0.6 is 11.6 Å². The maximum atomic E-state index is 10.3. The fourth-order valence-electron chi connectivity index (χ4n) is 4.44. The molecule has 0 amide bonds. The molecule has 1 aliphatic heterocycles. The van der Waals surface area contributed by atoms with Gasteiger partial charge in [-0.2, -0.15) is 0 Å². The third-order valence-corrected chi connectivity index (χ3v) is 6.76. The molecule has 1 unspecified atom stereocenters. The molecule has 178 valence electrons. The Morgan fingerprint density at radius 2 is 1.74 bits per heavy atom. The zero-order valence-corrected chi connectivity index (χ0v) is 20.6. The number of hydrogen-bond acceptors (Lipinski definition) is 5. The molecule has 1 saturated heterocycles. The fraction of sp³-hybridized carbons (Fsp3) is 0.357. The summed E-state index contributed by atoms with van der Waals surface area (Å²) in [6.45, 7) is 10.0. The first kappa shape index (κ1) is 24.4. The number of nitrogens with zero attached hydrogens (tertiary/aromatic N) is 4. The number of rotatable bonds is 9. The number of aromatic nitrogens is 2. The second-order valence-corrected chi connectivity index (χ2v) is 9.28. The monoisotopic (exact) mass is 476 g/mol. The van der Waals surface area contributed by atoms with E-state index in [1.807, 2.05) is 42.5 Å². The van der Waals surface area contributed by atoms with Gasteiger partial charge >= 0.3 is 0 Å². The highest BCUT2D eigenvalue weighted by atomic mass is 35.5. The topological polar surface area (TPSA) is 52.5 Å². The summed E-state index contributed by atoms with van der Waals surface area (Å²) in [7, 11) is 0. The smallest absolute Gasteiger partial charge is 0.161 e. The van der Waals surface area contributed by atoms with Gasteiger partial charge < -0.3 is 10.0 Å². The molecule has 1 aliphatic rings. The van der Waals surface area contributed by atoms with Gasteiger partial charge in [-0.3, -0.25) is 4.90 Å². The highest BCUT2D eigenvalue weighted by Crippen LogP contribution is 2.30. The van der Waals surface area contributed by atoms with Crippen molar-refractivity contribution in [2.24, 2.45) is 0 Å². The van der Waals surface area contributed by atoms with Gasteiger partial charge in [0.1, 0.15) is 5.82 Å². The summed E-state index contributed by atoms with van der Waals surface area (Å²) in [5.74, 6) is 1.73. The minimum Gasteiger partial charge on any atom is -0.392 e. The Balaban J connectivity index is 1.60. The SMILES string of the molecule is C=CCCC(O)CN1CCN(c2nc(-c3ccccc3)nc(C)c2Cc2ccccc2Cl)CC1. The maximum Gasteiger partial charge on any atom is 0.161 e. The lowest BCUT2D eigenvalue weighted by Gasteiger charge is -2.37. The van der Waals surface area contributed by atoms with Crippen LogP contribution in [0.15, 0.2) is 67.3 Å². The predicted molar refractivity (Wildman–Crippen MR) is 141 cm³/mol. The van der Waals surface area contributed by atoms with Crippen LogP contribution in [-0.4, -0.2) is 58.8 Å². The average molecular weight is 477 g/mol. The molecule has 2 aromatic carbocycles. The van der Waals surface area contributed by atoms with Gasteiger partial charge in [0.25, 0.3) is 0 Å². The molecule has 1 aromatic heterocycles. The third-order valence-electron chi connectivity index (χ3n) is 6.39. The van der Waals surface area contributed by atoms with E-state index in [4.69, 9.17) is 21.6 Å². The first-order valence-corrected chi connectivity index (χ1v) is 12.4. The van der Waals surface area contributed by atoms with Gasteiger partial charge in [0.2, 0.25) is 0 Å². The number of halogens is 1. The third kappa shape index (κ3) is 6.03. The normalized spacial score (nSPS) is 15.3. The molecule has 2 heterocycles. The molecular weight excluding hydrogens is 444 g/mol. The van der Waals surface area contributed by atoms with Crippen LogP contribution in [0, 0.1) is 6.92 Å². The molecule has 0 radical (unpaired) electrons. The van der Waals surface area contributed by atoms with Crippen LogP contribution < -0.4 is 4.90 Å². The van der Waals surface area contributed by atoms with Gasteiger partial charge in [0.05, 0.1) is 6.10 Å². The number of β-amino-alcohol motifs (C(OH)–C–C–N with tert-alkyl or cyclic N) is 1. The van der Waals surface area contributed by atoms with Gasteiger partial charge in [-0.1, -0.05) is 66.2 Å². The Labute approximate surface area is 207 Å². The Hall–Kier alpha value is -2.73. The van der Waals surface area contributed by atoms with E-state index < -0.39 is 0 Å². The van der Waals surface area contributed by atoms with Gasteiger partial charge in [0, 0.05) is 61.0 Å². The molecule has 34 heavy (non-hydrogen) atoms. The van der Waals surface area contributed by atoms with E-state index in [9.17, 15) is 5.11 Å². The van der Waals surface area contributed by atoms with E-state index in [1.54, 1.807) is 0 Å². The van der Waals surface area contributed by atoms with E-state index in [1.165, 1.54) is 0 Å². The largest absolute Gasteiger partial charge is 0.392 e. The molecule has 1 atom stereocenters. The van der Waals surface area contributed by atoms with Gasteiger partial charge in [-0.15, -0.1) is 6.58 Å². The number of aliphatic hydroxyl groups excluding tert-OH is 1. The summed E-state index contributed by atoms with van der Waals surface area (Å²) < 4.78 is 0. The van der Waals surface area contributed by atoms with Crippen LogP contribution in [0.5, 0.6) is 0 Å². The molecule has 4 rings (SSSR count). The number of aliphatic hydroxyl groups is 1. The molecule has 3 aromatic rings. The van der Waals surface area contributed by atoms with Gasteiger partial charge in [-0.25, -0.2) is 9.97 Å². The van der Waals surface area contributed by atoms with Crippen molar-refractivity contribution in [3.63, 3.8) is 0 Å². The maximum absolute atomic E-state index is 10.3. The van der Waals surface area contributed by atoms with Crippen molar-refractivity contribution >= 4 is 17.4 Å². The van der Waals surface area contributed by atoms with E-state index in [0.29, 0.717) is 13.0 Å². The Bertz CT molecular complexity index is 1100. The number of benzene rings is 2. The summed E-state index contributed by atoms with van der Waals surface area (Å²) in [6, 6.07) is 18.1. The molecule has 1 N–H and O–H groups in total. The van der Waals surface area contributed by atoms with Crippen LogP contribution in [0.1, 0.15) is 29.7 Å². The molecule has 0 saturated carbocycles. The lowest BCUT2D eigenvalue weighted by atomic mass is 10.0. The Morgan fingerprint density at radius 1 is 1.03 bits per heavy atom. The number of hydrogen-bond donors (Lipinski definition) is 1. The van der Waals surface area contributed by atoms with Crippen molar-refractivity contribution in [2.45, 2.75) is 32.3 Å². The lowest BCUT2D eigenvalue weighted by Crippen LogP contribution is -2.49. The summed E-state index contributed by atoms with van der Waals surface area (Å²) in [6.07, 6.45) is 3.85. The fourth-order valence-corrected chi connectivity index (χ4v) is 4.64. The minimum atomic E-state index is -0.314. The summed E-state index contributed by atoms with van der Waals surface area (Å²) in [4.78, 5) is 14.6. The quantitative estimate of drug-likeness (QED) is 0.433. The van der Waals surface area contributed by atoms with Gasteiger partial charge in [-0.05, 0) is 31.4 Å². The average Bonchev–Trinajstić information content (AvgIpc) is 2.86. The number of allylic oxidation sites excluding steroid dienone is 1. The van der Waals surface area contributed by atoms with Crippen LogP contribution in [-0.2, 0) is 6.42 Å². The van der Waals surface area contributed by atoms with E-state index >= 15 is 0 Å². The molecule has 0 aliphatic carbocycles. The van der Waals surface area contributed by atoms with Crippen molar-refractivity contribution in [1.29, 1.82) is 0 Å². The summed E-state index contributed by atoms with van der Waals surface area (Å²) in [5.41, 5.74) is 4.19. The summed E-state index contributed by atoms with van der Waals surface area (Å²) >= 11 is 6.50. The van der Waals surface area contributed by atoms with Gasteiger partial charge in [0.15, 0.2) is 5.82 Å². The zero-order chi connectivity index (χ0) is 23.9. The first-order valence-electron chi connectivity index (χ1n) is 12.0. The zero-order valence-electron chi connectivity index (χ0n) is 19.8. The van der Waals surface area contributed by atoms with Crippen molar-refractivity contribution in [2.75, 3.05) is 37.6 Å². The van der Waals surface area contributed by atoms with Crippen molar-refractivity contribution in [1.82, 2.24) is 14.9 Å². The second-order valence-electron chi connectivity index (χ2n) is 8.88. The van der Waals surface area contributed by atoms with Crippen molar-refractivity contribution in [3.05, 3.63) is 89.1 Å². The highest BCUT2D eigenvalue weighted by Gasteiger charge is 2.24. The van der Waals surface area contributed by atoms with Crippen molar-refractivity contribution in [3.8, 4) is 11.4 Å². The first-order chi connectivity index (χ1) is 16.5. The van der Waals surface area contributed by atoms with Crippen LogP contribution in [0.3, 0.4) is 0 Å².